The largest absolute Gasteiger partial charge is 0.355 e. The van der Waals surface area contributed by atoms with E-state index in [1.165, 1.54) is 4.90 Å². The zero-order chi connectivity index (χ0) is 28.6. The number of hydrogen-bond donors (Lipinski definition) is 1. The van der Waals surface area contributed by atoms with E-state index in [2.05, 4.69) is 19.2 Å². The molecule has 3 rings (SSSR count). The molecule has 1 N–H and O–H groups in total. The summed E-state index contributed by atoms with van der Waals surface area (Å²) in [7, 11) is -4.07. The summed E-state index contributed by atoms with van der Waals surface area (Å²) in [5.74, 6) is -0.462. The minimum Gasteiger partial charge on any atom is -0.355 e. The standard InChI is InChI=1S/C31H39N3O4S/c1-6-32-31(36)25(5)33(21-20-26-10-8-7-9-11-26)30(35)22-34(28-16-14-27(15-17-28)23(2)3)39(37,38)29-18-12-24(4)13-19-29/h7-19,23,25H,6,20-22H2,1-5H3,(H,32,36)/t25-/m0/s1. The van der Waals surface area contributed by atoms with Crippen LogP contribution in [0.1, 0.15) is 50.3 Å². The Balaban J connectivity index is 1.99. The molecule has 39 heavy (non-hydrogen) atoms. The average molecular weight is 550 g/mol. The van der Waals surface area contributed by atoms with Crippen molar-refractivity contribution < 1.29 is 18.0 Å². The van der Waals surface area contributed by atoms with Crippen LogP contribution < -0.4 is 9.62 Å². The highest BCUT2D eigenvalue weighted by molar-refractivity contribution is 7.92. The summed E-state index contributed by atoms with van der Waals surface area (Å²) < 4.78 is 28.9. The fraction of sp³-hybridized carbons (Fsp3) is 0.355. The zero-order valence-electron chi connectivity index (χ0n) is 23.4. The smallest absolute Gasteiger partial charge is 0.264 e. The molecule has 0 saturated carbocycles. The van der Waals surface area contributed by atoms with Crippen LogP contribution in [0.3, 0.4) is 0 Å². The summed E-state index contributed by atoms with van der Waals surface area (Å²) in [6.45, 7) is 9.76. The van der Waals surface area contributed by atoms with E-state index in [0.29, 0.717) is 18.7 Å². The summed E-state index contributed by atoms with van der Waals surface area (Å²) in [4.78, 5) is 28.2. The summed E-state index contributed by atoms with van der Waals surface area (Å²) in [5, 5.41) is 2.78. The molecule has 0 aliphatic carbocycles. The molecule has 1 atom stereocenters. The van der Waals surface area contributed by atoms with E-state index in [-0.39, 0.29) is 23.3 Å². The third kappa shape index (κ3) is 7.69. The lowest BCUT2D eigenvalue weighted by Crippen LogP contribution is -2.52. The second kappa shape index (κ2) is 13.4. The number of sulfonamides is 1. The Morgan fingerprint density at radius 3 is 2.05 bits per heavy atom. The predicted molar refractivity (Wildman–Crippen MR) is 156 cm³/mol. The number of benzene rings is 3. The van der Waals surface area contributed by atoms with E-state index in [9.17, 15) is 18.0 Å². The zero-order valence-corrected chi connectivity index (χ0v) is 24.2. The number of nitrogens with one attached hydrogen (secondary N) is 1. The van der Waals surface area contributed by atoms with Gasteiger partial charge < -0.3 is 10.2 Å². The lowest BCUT2D eigenvalue weighted by atomic mass is 10.0. The molecule has 0 fully saturated rings. The van der Waals surface area contributed by atoms with Crippen LogP contribution >= 0.6 is 0 Å². The van der Waals surface area contributed by atoms with Gasteiger partial charge in [0.05, 0.1) is 10.6 Å². The first-order valence-corrected chi connectivity index (χ1v) is 14.8. The molecule has 0 aliphatic heterocycles. The topological polar surface area (TPSA) is 86.8 Å². The third-order valence-electron chi connectivity index (χ3n) is 6.74. The Morgan fingerprint density at radius 2 is 1.49 bits per heavy atom. The predicted octanol–water partition coefficient (Wildman–Crippen LogP) is 4.91. The van der Waals surface area contributed by atoms with E-state index in [1.807, 2.05) is 56.3 Å². The first-order chi connectivity index (χ1) is 18.5. The van der Waals surface area contributed by atoms with Crippen LogP contribution in [-0.4, -0.2) is 50.8 Å². The van der Waals surface area contributed by atoms with Gasteiger partial charge in [-0.25, -0.2) is 8.42 Å². The first kappa shape index (κ1) is 29.9. The SMILES string of the molecule is CCNC(=O)[C@H](C)N(CCc1ccccc1)C(=O)CN(c1ccc(C(C)C)cc1)S(=O)(=O)c1ccc(C)cc1. The molecule has 3 aromatic rings. The van der Waals surface area contributed by atoms with Gasteiger partial charge in [-0.05, 0) is 68.5 Å². The number of carbonyl (C=O) groups excluding carboxylic acids is 2. The van der Waals surface area contributed by atoms with Crippen LogP contribution in [0.4, 0.5) is 5.69 Å². The lowest BCUT2D eigenvalue weighted by Gasteiger charge is -2.32. The van der Waals surface area contributed by atoms with Gasteiger partial charge in [-0.2, -0.15) is 0 Å². The molecular weight excluding hydrogens is 510 g/mol. The van der Waals surface area contributed by atoms with Crippen molar-refractivity contribution >= 4 is 27.5 Å². The normalized spacial score (nSPS) is 12.2. The number of carbonyl (C=O) groups is 2. The van der Waals surface area contributed by atoms with Crippen molar-refractivity contribution in [3.63, 3.8) is 0 Å². The Morgan fingerprint density at radius 1 is 0.872 bits per heavy atom. The fourth-order valence-corrected chi connectivity index (χ4v) is 5.70. The van der Waals surface area contributed by atoms with Crippen molar-refractivity contribution in [2.75, 3.05) is 23.9 Å². The van der Waals surface area contributed by atoms with Gasteiger partial charge in [0.1, 0.15) is 12.6 Å². The summed E-state index contributed by atoms with van der Waals surface area (Å²) in [5.41, 5.74) is 3.40. The minimum atomic E-state index is -4.07. The highest BCUT2D eigenvalue weighted by atomic mass is 32.2. The Kier molecular flexibility index (Phi) is 10.3. The summed E-state index contributed by atoms with van der Waals surface area (Å²) >= 11 is 0. The number of anilines is 1. The molecule has 0 unspecified atom stereocenters. The fourth-order valence-electron chi connectivity index (χ4n) is 4.28. The highest BCUT2D eigenvalue weighted by Crippen LogP contribution is 2.26. The van der Waals surface area contributed by atoms with Crippen molar-refractivity contribution in [2.45, 2.75) is 57.9 Å². The second-order valence-corrected chi connectivity index (χ2v) is 11.8. The monoisotopic (exact) mass is 549 g/mol. The molecule has 0 radical (unpaired) electrons. The molecule has 0 aromatic heterocycles. The van der Waals surface area contributed by atoms with Gasteiger partial charge in [-0.1, -0.05) is 74.0 Å². The van der Waals surface area contributed by atoms with E-state index in [1.54, 1.807) is 43.3 Å². The Labute approximate surface area is 232 Å². The lowest BCUT2D eigenvalue weighted by molar-refractivity contribution is -0.138. The molecular formula is C31H39N3O4S. The maximum Gasteiger partial charge on any atom is 0.264 e. The molecule has 2 amide bonds. The molecule has 0 saturated heterocycles. The molecule has 0 bridgehead atoms. The van der Waals surface area contributed by atoms with Crippen LogP contribution in [0.5, 0.6) is 0 Å². The highest BCUT2D eigenvalue weighted by Gasteiger charge is 2.32. The van der Waals surface area contributed by atoms with Crippen LogP contribution in [0.25, 0.3) is 0 Å². The van der Waals surface area contributed by atoms with Crippen LogP contribution in [0.15, 0.2) is 83.8 Å². The van der Waals surface area contributed by atoms with Gasteiger partial charge >= 0.3 is 0 Å². The van der Waals surface area contributed by atoms with E-state index >= 15 is 0 Å². The molecule has 8 heteroatoms. The van der Waals surface area contributed by atoms with Gasteiger partial charge in [0.15, 0.2) is 0 Å². The van der Waals surface area contributed by atoms with Crippen LogP contribution in [-0.2, 0) is 26.0 Å². The van der Waals surface area contributed by atoms with E-state index in [0.717, 1.165) is 21.0 Å². The number of amides is 2. The van der Waals surface area contributed by atoms with Crippen molar-refractivity contribution in [3.05, 3.63) is 95.6 Å². The van der Waals surface area contributed by atoms with Gasteiger partial charge in [0, 0.05) is 13.1 Å². The van der Waals surface area contributed by atoms with Gasteiger partial charge in [0.2, 0.25) is 11.8 Å². The summed E-state index contributed by atoms with van der Waals surface area (Å²) in [6.07, 6.45) is 0.532. The third-order valence-corrected chi connectivity index (χ3v) is 8.53. The Hall–Kier alpha value is -3.65. The number of aryl methyl sites for hydroxylation is 1. The molecule has 0 heterocycles. The van der Waals surface area contributed by atoms with E-state index in [4.69, 9.17) is 0 Å². The first-order valence-electron chi connectivity index (χ1n) is 13.3. The van der Waals surface area contributed by atoms with Crippen LogP contribution in [0, 0.1) is 6.92 Å². The van der Waals surface area contributed by atoms with Crippen molar-refractivity contribution in [1.29, 1.82) is 0 Å². The average Bonchev–Trinajstić information content (AvgIpc) is 2.92. The van der Waals surface area contributed by atoms with Gasteiger partial charge in [-0.3, -0.25) is 13.9 Å². The van der Waals surface area contributed by atoms with Gasteiger partial charge in [0.25, 0.3) is 10.0 Å². The van der Waals surface area contributed by atoms with E-state index < -0.39 is 28.5 Å². The molecule has 7 nitrogen and oxygen atoms in total. The molecule has 3 aromatic carbocycles. The van der Waals surface area contributed by atoms with Crippen LogP contribution in [0.2, 0.25) is 0 Å². The quantitative estimate of drug-likeness (QED) is 0.348. The number of hydrogen-bond acceptors (Lipinski definition) is 4. The minimum absolute atomic E-state index is 0.0986. The maximum absolute atomic E-state index is 13.9. The Bertz CT molecular complexity index is 1340. The number of likely N-dealkylation sites (N-methyl/N-ethyl adjacent to an activating group) is 1. The van der Waals surface area contributed by atoms with Crippen molar-refractivity contribution in [2.24, 2.45) is 0 Å². The van der Waals surface area contributed by atoms with Crippen molar-refractivity contribution in [1.82, 2.24) is 10.2 Å². The molecule has 208 valence electrons. The summed E-state index contributed by atoms with van der Waals surface area (Å²) in [6, 6.07) is 22.7. The van der Waals surface area contributed by atoms with Crippen molar-refractivity contribution in [3.8, 4) is 0 Å². The number of rotatable bonds is 12. The van der Waals surface area contributed by atoms with Gasteiger partial charge in [-0.15, -0.1) is 0 Å². The number of nitrogens with zero attached hydrogens (tertiary/aromatic N) is 2. The second-order valence-electron chi connectivity index (χ2n) is 9.96. The maximum atomic E-state index is 13.9. The molecule has 0 aliphatic rings. The molecule has 0 spiro atoms.